The molecule has 0 saturated heterocycles. The molecule has 0 aliphatic carbocycles. The fourth-order valence-electron chi connectivity index (χ4n) is 0. The molecule has 0 N–H and O–H groups in total. The van der Waals surface area contributed by atoms with Crippen molar-refractivity contribution >= 4 is 0 Å². The Balaban J connectivity index is -0.00000000500. The Morgan fingerprint density at radius 3 is 1.25 bits per heavy atom. The number of hydrogen-bond acceptors (Lipinski definition) is 1. The van der Waals surface area contributed by atoms with Gasteiger partial charge in [0.05, 0.1) is 0 Å². The molecular weight excluding hydrogens is 310 g/mol. The van der Waals surface area contributed by atoms with Gasteiger partial charge in [-0.15, -0.1) is 0 Å². The maximum absolute atomic E-state index is 8.19. The van der Waals surface area contributed by atoms with Gasteiger partial charge in [-0.2, -0.15) is 0 Å². The first-order valence-corrected chi connectivity index (χ1v) is 0.753. The van der Waals surface area contributed by atoms with E-state index < -0.39 is 0 Å². The van der Waals surface area contributed by atoms with Gasteiger partial charge < -0.3 is 0 Å². The first-order valence-electron chi connectivity index (χ1n) is 0.183. The van der Waals surface area contributed by atoms with E-state index in [2.05, 4.69) is 0 Å². The van der Waals surface area contributed by atoms with Crippen LogP contribution in [0.2, 0.25) is 0 Å². The molecule has 0 bridgehead atoms. The monoisotopic (exact) mass is 310 g/mol. The van der Waals surface area contributed by atoms with Crippen LogP contribution in [0, 0.1) is 0 Å². The summed E-state index contributed by atoms with van der Waals surface area (Å²) in [6.45, 7) is 0. The summed E-state index contributed by atoms with van der Waals surface area (Å²) in [5.41, 5.74) is 0. The first kappa shape index (κ1) is 17.6. The maximum atomic E-state index is 8.19. The molecule has 1 radical (unpaired) electrons. The number of hydrogen-bond donors (Lipinski definition) is 0. The van der Waals surface area contributed by atoms with Crippen molar-refractivity contribution in [3.63, 3.8) is 0 Å². The first-order chi connectivity index (χ1) is 1.00. The van der Waals surface area contributed by atoms with Crippen molar-refractivity contribution in [2.75, 3.05) is 0 Å². The Hall–Kier alpha value is 1.58. The van der Waals surface area contributed by atoms with E-state index in [1.54, 1.807) is 0 Å². The molecule has 0 amide bonds. The Bertz CT molecular complexity index is 8.00. The SMILES string of the molecule is [Co].[O]=[V].[W]. The molecule has 0 heterocycles. The van der Waals surface area contributed by atoms with Gasteiger partial charge in [0.1, 0.15) is 0 Å². The molecular formula is CoOVW. The van der Waals surface area contributed by atoms with Crippen molar-refractivity contribution < 1.29 is 58.9 Å². The molecule has 0 rings (SSSR count). The van der Waals surface area contributed by atoms with Gasteiger partial charge in [-0.1, -0.05) is 0 Å². The average molecular weight is 310 g/mol. The molecule has 0 atom stereocenters. The second-order valence-electron chi connectivity index (χ2n) is 0. The van der Waals surface area contributed by atoms with E-state index in [0.29, 0.717) is 0 Å². The Kier molecular flexibility index (Phi) is 103. The molecule has 1 nitrogen and oxygen atoms in total. The molecule has 0 aromatic carbocycles. The predicted octanol–water partition coefficient (Wildman–Crippen LogP) is -0.126. The quantitative estimate of drug-likeness (QED) is 0.609. The van der Waals surface area contributed by atoms with Crippen molar-refractivity contribution in [1.82, 2.24) is 0 Å². The average Bonchev–Trinajstić information content (AvgIpc) is 1.00. The van der Waals surface area contributed by atoms with Gasteiger partial charge in [0.25, 0.3) is 0 Å². The van der Waals surface area contributed by atoms with Crippen molar-refractivity contribution in [3.05, 3.63) is 0 Å². The summed E-state index contributed by atoms with van der Waals surface area (Å²) in [4.78, 5) is 0. The van der Waals surface area contributed by atoms with Gasteiger partial charge in [0.15, 0.2) is 0 Å². The van der Waals surface area contributed by atoms with Crippen LogP contribution in [-0.2, 0) is 58.9 Å². The fraction of sp³-hybridized carbons (Fsp3) is 0. The Morgan fingerprint density at radius 2 is 1.25 bits per heavy atom. The molecule has 0 aromatic heterocycles. The standard InChI is InChI=1S/Co.O.V.W. The van der Waals surface area contributed by atoms with E-state index >= 15 is 0 Å². The summed E-state index contributed by atoms with van der Waals surface area (Å²) in [6.07, 6.45) is 0. The second-order valence-corrected chi connectivity index (χ2v) is 0. The fourth-order valence-corrected chi connectivity index (χ4v) is 0. The minimum absolute atomic E-state index is 0. The van der Waals surface area contributed by atoms with Crippen LogP contribution in [0.3, 0.4) is 0 Å². The Morgan fingerprint density at radius 1 is 1.25 bits per heavy atom. The third kappa shape index (κ3) is 9.55. The smallest absolute Gasteiger partial charge is 0 e. The number of rotatable bonds is 0. The maximum Gasteiger partial charge on any atom is 0 e. The van der Waals surface area contributed by atoms with E-state index in [1.807, 2.05) is 0 Å². The molecule has 0 unspecified atom stereocenters. The van der Waals surface area contributed by atoms with Crippen LogP contribution in [0.15, 0.2) is 0 Å². The summed E-state index contributed by atoms with van der Waals surface area (Å²) >= 11 is 1.06. The molecule has 0 aliphatic heterocycles. The van der Waals surface area contributed by atoms with Crippen LogP contribution >= 0.6 is 0 Å². The van der Waals surface area contributed by atoms with Crippen LogP contribution in [0.5, 0.6) is 0 Å². The molecule has 26 valence electrons. The van der Waals surface area contributed by atoms with Crippen molar-refractivity contribution in [2.45, 2.75) is 0 Å². The molecule has 0 aromatic rings. The zero-order valence-electron chi connectivity index (χ0n) is 1.60. The molecule has 0 fully saturated rings. The van der Waals surface area contributed by atoms with Crippen LogP contribution in [0.25, 0.3) is 0 Å². The van der Waals surface area contributed by atoms with Crippen LogP contribution in [0.4, 0.5) is 0 Å². The van der Waals surface area contributed by atoms with E-state index in [1.165, 1.54) is 0 Å². The van der Waals surface area contributed by atoms with E-state index in [-0.39, 0.29) is 37.8 Å². The van der Waals surface area contributed by atoms with Crippen molar-refractivity contribution in [1.29, 1.82) is 0 Å². The summed E-state index contributed by atoms with van der Waals surface area (Å²) in [6, 6.07) is 0. The van der Waals surface area contributed by atoms with Gasteiger partial charge in [0, 0.05) is 37.8 Å². The summed E-state index contributed by atoms with van der Waals surface area (Å²) in [7, 11) is 0. The van der Waals surface area contributed by atoms with Crippen LogP contribution in [-0.4, -0.2) is 0 Å². The van der Waals surface area contributed by atoms with E-state index in [9.17, 15) is 0 Å². The van der Waals surface area contributed by atoms with Crippen LogP contribution < -0.4 is 0 Å². The normalized spacial score (nSPS) is 0.750. The Labute approximate surface area is 58.6 Å². The van der Waals surface area contributed by atoms with Gasteiger partial charge in [-0.3, -0.25) is 0 Å². The topological polar surface area (TPSA) is 17.1 Å². The molecule has 4 heavy (non-hydrogen) atoms. The van der Waals surface area contributed by atoms with E-state index in [0.717, 1.165) is 17.4 Å². The predicted molar refractivity (Wildman–Crippen MR) is 0.686 cm³/mol. The van der Waals surface area contributed by atoms with Gasteiger partial charge >= 0.3 is 21.0 Å². The summed E-state index contributed by atoms with van der Waals surface area (Å²) in [5, 5.41) is 0. The van der Waals surface area contributed by atoms with Gasteiger partial charge in [0.2, 0.25) is 0 Å². The van der Waals surface area contributed by atoms with Gasteiger partial charge in [-0.25, -0.2) is 0 Å². The van der Waals surface area contributed by atoms with Crippen molar-refractivity contribution in [2.24, 2.45) is 0 Å². The zero-order chi connectivity index (χ0) is 2.00. The van der Waals surface area contributed by atoms with Gasteiger partial charge in [-0.05, 0) is 0 Å². The molecule has 0 saturated carbocycles. The zero-order valence-corrected chi connectivity index (χ0v) is 6.97. The molecule has 0 spiro atoms. The summed E-state index contributed by atoms with van der Waals surface area (Å²) in [5.74, 6) is 0. The minimum atomic E-state index is 0. The minimum Gasteiger partial charge on any atom is 0 e. The molecule has 0 aliphatic rings. The second kappa shape index (κ2) is 23.5. The van der Waals surface area contributed by atoms with Crippen LogP contribution in [0.1, 0.15) is 0 Å². The third-order valence-corrected chi connectivity index (χ3v) is 0. The molecule has 4 heteroatoms. The van der Waals surface area contributed by atoms with E-state index in [4.69, 9.17) is 3.67 Å². The van der Waals surface area contributed by atoms with Crippen molar-refractivity contribution in [3.8, 4) is 0 Å². The summed E-state index contributed by atoms with van der Waals surface area (Å²) < 4.78 is 8.19. The largest absolute Gasteiger partial charge is 0 e. The third-order valence-electron chi connectivity index (χ3n) is 0.